The number of aliphatic hydroxyl groups is 1. The standard InChI is InChI=1S/C8H14O4S/c1-6(10)4-7(8(11)12)5-13-3-2-9/h7,9H,2-5H2,1H3,(H,11,12). The first-order chi connectivity index (χ1) is 6.07. The number of rotatable bonds is 7. The highest BCUT2D eigenvalue weighted by molar-refractivity contribution is 7.99. The lowest BCUT2D eigenvalue weighted by atomic mass is 10.1. The molecule has 0 bridgehead atoms. The van der Waals surface area contributed by atoms with E-state index in [2.05, 4.69) is 0 Å². The molecule has 76 valence electrons. The number of Topliss-reactive ketones (excluding diaryl/α,β-unsaturated/α-hetero) is 1. The first-order valence-electron chi connectivity index (χ1n) is 3.98. The van der Waals surface area contributed by atoms with Gasteiger partial charge >= 0.3 is 5.97 Å². The molecule has 0 rings (SSSR count). The Hall–Kier alpha value is -0.550. The highest BCUT2D eigenvalue weighted by Gasteiger charge is 2.18. The van der Waals surface area contributed by atoms with E-state index in [9.17, 15) is 9.59 Å². The number of carboxylic acid groups (broad SMARTS) is 1. The van der Waals surface area contributed by atoms with Crippen molar-refractivity contribution in [3.8, 4) is 0 Å². The molecule has 0 saturated carbocycles. The van der Waals surface area contributed by atoms with Crippen LogP contribution in [-0.4, -0.2) is 40.1 Å². The van der Waals surface area contributed by atoms with Gasteiger partial charge in [-0.25, -0.2) is 0 Å². The van der Waals surface area contributed by atoms with E-state index in [1.165, 1.54) is 18.7 Å². The summed E-state index contributed by atoms with van der Waals surface area (Å²) in [5, 5.41) is 17.2. The molecule has 0 heterocycles. The topological polar surface area (TPSA) is 74.6 Å². The summed E-state index contributed by atoms with van der Waals surface area (Å²) in [4.78, 5) is 21.3. The molecule has 0 amide bonds. The summed E-state index contributed by atoms with van der Waals surface area (Å²) in [6.45, 7) is 1.42. The Bertz CT molecular complexity index is 181. The van der Waals surface area contributed by atoms with Crippen molar-refractivity contribution in [1.29, 1.82) is 0 Å². The van der Waals surface area contributed by atoms with Crippen LogP contribution in [0.15, 0.2) is 0 Å². The molecule has 0 radical (unpaired) electrons. The smallest absolute Gasteiger partial charge is 0.307 e. The summed E-state index contributed by atoms with van der Waals surface area (Å²) in [5.74, 6) is -0.774. The Kier molecular flexibility index (Phi) is 6.62. The molecular formula is C8H14O4S. The van der Waals surface area contributed by atoms with Crippen LogP contribution in [-0.2, 0) is 9.59 Å². The third-order valence-electron chi connectivity index (χ3n) is 1.44. The number of carbonyl (C=O) groups is 2. The van der Waals surface area contributed by atoms with Crippen molar-refractivity contribution >= 4 is 23.5 Å². The van der Waals surface area contributed by atoms with E-state index in [4.69, 9.17) is 10.2 Å². The molecule has 0 aliphatic heterocycles. The summed E-state index contributed by atoms with van der Waals surface area (Å²) in [6.07, 6.45) is 0.0771. The summed E-state index contributed by atoms with van der Waals surface area (Å²) < 4.78 is 0. The quantitative estimate of drug-likeness (QED) is 0.589. The molecule has 4 nitrogen and oxygen atoms in total. The molecule has 0 saturated heterocycles. The van der Waals surface area contributed by atoms with Crippen LogP contribution in [0.25, 0.3) is 0 Å². The average molecular weight is 206 g/mol. The molecule has 0 aromatic rings. The second-order valence-electron chi connectivity index (χ2n) is 2.74. The van der Waals surface area contributed by atoms with Crippen LogP contribution in [0, 0.1) is 5.92 Å². The van der Waals surface area contributed by atoms with Crippen molar-refractivity contribution in [2.75, 3.05) is 18.1 Å². The van der Waals surface area contributed by atoms with E-state index in [-0.39, 0.29) is 18.8 Å². The Labute approximate surface area is 81.3 Å². The molecule has 0 fully saturated rings. The monoisotopic (exact) mass is 206 g/mol. The Morgan fingerprint density at radius 2 is 2.08 bits per heavy atom. The van der Waals surface area contributed by atoms with Gasteiger partial charge in [0, 0.05) is 17.9 Å². The van der Waals surface area contributed by atoms with Gasteiger partial charge in [0.05, 0.1) is 12.5 Å². The van der Waals surface area contributed by atoms with Gasteiger partial charge in [-0.2, -0.15) is 11.8 Å². The zero-order chi connectivity index (χ0) is 10.3. The molecule has 0 spiro atoms. The number of ketones is 1. The minimum Gasteiger partial charge on any atom is -0.481 e. The maximum absolute atomic E-state index is 10.7. The van der Waals surface area contributed by atoms with Gasteiger partial charge in [-0.05, 0) is 6.92 Å². The number of aliphatic carboxylic acids is 1. The van der Waals surface area contributed by atoms with Crippen molar-refractivity contribution < 1.29 is 19.8 Å². The molecular weight excluding hydrogens is 192 g/mol. The predicted octanol–water partition coefficient (Wildman–Crippen LogP) is 0.392. The summed E-state index contributed by atoms with van der Waals surface area (Å²) in [6, 6.07) is 0. The number of hydrogen-bond donors (Lipinski definition) is 2. The lowest BCUT2D eigenvalue weighted by Gasteiger charge is -2.08. The highest BCUT2D eigenvalue weighted by Crippen LogP contribution is 2.12. The molecule has 13 heavy (non-hydrogen) atoms. The zero-order valence-corrected chi connectivity index (χ0v) is 8.34. The maximum atomic E-state index is 10.7. The van der Waals surface area contributed by atoms with Crippen molar-refractivity contribution in [3.63, 3.8) is 0 Å². The molecule has 0 aliphatic rings. The largest absolute Gasteiger partial charge is 0.481 e. The van der Waals surface area contributed by atoms with Crippen molar-refractivity contribution in [2.24, 2.45) is 5.92 Å². The molecule has 5 heteroatoms. The second-order valence-corrected chi connectivity index (χ2v) is 3.89. The third-order valence-corrected chi connectivity index (χ3v) is 2.55. The summed E-state index contributed by atoms with van der Waals surface area (Å²) in [5.41, 5.74) is 0. The van der Waals surface area contributed by atoms with E-state index in [0.717, 1.165) is 0 Å². The minimum atomic E-state index is -0.944. The fourth-order valence-corrected chi connectivity index (χ4v) is 1.70. The van der Waals surface area contributed by atoms with Gasteiger partial charge < -0.3 is 15.0 Å². The van der Waals surface area contributed by atoms with Gasteiger partial charge in [-0.15, -0.1) is 0 Å². The first kappa shape index (κ1) is 12.4. The Morgan fingerprint density at radius 1 is 1.46 bits per heavy atom. The van der Waals surface area contributed by atoms with Crippen LogP contribution in [0.5, 0.6) is 0 Å². The van der Waals surface area contributed by atoms with Gasteiger partial charge in [0.2, 0.25) is 0 Å². The summed E-state index contributed by atoms with van der Waals surface area (Å²) >= 11 is 1.35. The maximum Gasteiger partial charge on any atom is 0.307 e. The van der Waals surface area contributed by atoms with E-state index in [1.807, 2.05) is 0 Å². The molecule has 0 aromatic carbocycles. The van der Waals surface area contributed by atoms with Crippen LogP contribution >= 0.6 is 11.8 Å². The van der Waals surface area contributed by atoms with E-state index in [0.29, 0.717) is 11.5 Å². The normalized spacial score (nSPS) is 12.5. The fourth-order valence-electron chi connectivity index (χ4n) is 0.855. The Balaban J connectivity index is 3.81. The van der Waals surface area contributed by atoms with Crippen LogP contribution in [0.4, 0.5) is 0 Å². The molecule has 1 unspecified atom stereocenters. The van der Waals surface area contributed by atoms with Gasteiger partial charge in [0.1, 0.15) is 5.78 Å². The van der Waals surface area contributed by atoms with Gasteiger partial charge in [0.15, 0.2) is 0 Å². The number of thioether (sulfide) groups is 1. The van der Waals surface area contributed by atoms with Crippen molar-refractivity contribution in [2.45, 2.75) is 13.3 Å². The second kappa shape index (κ2) is 6.91. The lowest BCUT2D eigenvalue weighted by molar-refractivity contribution is -0.142. The highest BCUT2D eigenvalue weighted by atomic mass is 32.2. The van der Waals surface area contributed by atoms with Crippen LogP contribution < -0.4 is 0 Å². The number of carbonyl (C=O) groups excluding carboxylic acids is 1. The van der Waals surface area contributed by atoms with E-state index in [1.54, 1.807) is 0 Å². The zero-order valence-electron chi connectivity index (χ0n) is 7.52. The lowest BCUT2D eigenvalue weighted by Crippen LogP contribution is -2.19. The van der Waals surface area contributed by atoms with Crippen molar-refractivity contribution in [3.05, 3.63) is 0 Å². The van der Waals surface area contributed by atoms with Crippen LogP contribution in [0.2, 0.25) is 0 Å². The van der Waals surface area contributed by atoms with Crippen molar-refractivity contribution in [1.82, 2.24) is 0 Å². The average Bonchev–Trinajstić information content (AvgIpc) is 2.02. The molecule has 0 aliphatic carbocycles. The number of aliphatic hydroxyl groups excluding tert-OH is 1. The van der Waals surface area contributed by atoms with Gasteiger partial charge in [-0.1, -0.05) is 0 Å². The van der Waals surface area contributed by atoms with Gasteiger partial charge in [0.25, 0.3) is 0 Å². The third kappa shape index (κ3) is 6.60. The first-order valence-corrected chi connectivity index (χ1v) is 5.14. The number of hydrogen-bond acceptors (Lipinski definition) is 4. The van der Waals surface area contributed by atoms with Gasteiger partial charge in [-0.3, -0.25) is 4.79 Å². The minimum absolute atomic E-state index is 0.0388. The number of carboxylic acids is 1. The fraction of sp³-hybridized carbons (Fsp3) is 0.750. The van der Waals surface area contributed by atoms with E-state index < -0.39 is 11.9 Å². The van der Waals surface area contributed by atoms with E-state index >= 15 is 0 Å². The SMILES string of the molecule is CC(=O)CC(CSCCO)C(=O)O. The van der Waals surface area contributed by atoms with Crippen LogP contribution in [0.3, 0.4) is 0 Å². The molecule has 0 aromatic heterocycles. The molecule has 2 N–H and O–H groups in total. The predicted molar refractivity (Wildman–Crippen MR) is 50.8 cm³/mol. The summed E-state index contributed by atoms with van der Waals surface area (Å²) in [7, 11) is 0. The Morgan fingerprint density at radius 3 is 2.46 bits per heavy atom. The molecule has 1 atom stereocenters. The van der Waals surface area contributed by atoms with Crippen LogP contribution in [0.1, 0.15) is 13.3 Å².